The van der Waals surface area contributed by atoms with Gasteiger partial charge in [0.15, 0.2) is 0 Å². The van der Waals surface area contributed by atoms with Gasteiger partial charge in [-0.15, -0.1) is 0 Å². The van der Waals surface area contributed by atoms with Crippen LogP contribution in [0.15, 0.2) is 18.2 Å². The van der Waals surface area contributed by atoms with E-state index < -0.39 is 0 Å². The SMILES string of the molecule is Cc1ccc(N)cc1C1(C)CNC(=O)C1. The average Bonchev–Trinajstić information content (AvgIpc) is 2.52. The van der Waals surface area contributed by atoms with Crippen molar-refractivity contribution in [2.75, 3.05) is 12.3 Å². The molecule has 1 saturated heterocycles. The average molecular weight is 204 g/mol. The van der Waals surface area contributed by atoms with Crippen LogP contribution in [-0.2, 0) is 10.2 Å². The Hall–Kier alpha value is -1.51. The van der Waals surface area contributed by atoms with Crippen LogP contribution in [0, 0.1) is 6.92 Å². The molecule has 0 aromatic heterocycles. The summed E-state index contributed by atoms with van der Waals surface area (Å²) in [5, 5.41) is 2.88. The summed E-state index contributed by atoms with van der Waals surface area (Å²) >= 11 is 0. The van der Waals surface area contributed by atoms with Gasteiger partial charge in [-0.1, -0.05) is 13.0 Å². The Morgan fingerprint density at radius 2 is 2.20 bits per heavy atom. The summed E-state index contributed by atoms with van der Waals surface area (Å²) in [6.07, 6.45) is 0.553. The third-order valence-electron chi connectivity index (χ3n) is 3.14. The van der Waals surface area contributed by atoms with E-state index in [-0.39, 0.29) is 11.3 Å². The second-order valence-corrected chi connectivity index (χ2v) is 4.59. The molecular weight excluding hydrogens is 188 g/mol. The first-order valence-electron chi connectivity index (χ1n) is 5.15. The van der Waals surface area contributed by atoms with Crippen LogP contribution in [0.5, 0.6) is 0 Å². The molecule has 0 bridgehead atoms. The van der Waals surface area contributed by atoms with Gasteiger partial charge in [0.05, 0.1) is 0 Å². The zero-order chi connectivity index (χ0) is 11.1. The number of carbonyl (C=O) groups is 1. The fourth-order valence-electron chi connectivity index (χ4n) is 2.25. The molecule has 1 aliphatic rings. The summed E-state index contributed by atoms with van der Waals surface area (Å²) in [5.74, 6) is 0.124. The molecule has 1 unspecified atom stereocenters. The maximum atomic E-state index is 11.3. The molecule has 15 heavy (non-hydrogen) atoms. The molecule has 1 aromatic carbocycles. The highest BCUT2D eigenvalue weighted by Crippen LogP contribution is 2.33. The van der Waals surface area contributed by atoms with Gasteiger partial charge in [0.2, 0.25) is 5.91 Å². The number of hydrogen-bond donors (Lipinski definition) is 2. The summed E-state index contributed by atoms with van der Waals surface area (Å²) in [5.41, 5.74) is 8.82. The van der Waals surface area contributed by atoms with E-state index in [1.807, 2.05) is 18.2 Å². The van der Waals surface area contributed by atoms with Crippen molar-refractivity contribution in [3.05, 3.63) is 29.3 Å². The van der Waals surface area contributed by atoms with Crippen molar-refractivity contribution in [3.63, 3.8) is 0 Å². The van der Waals surface area contributed by atoms with Gasteiger partial charge in [-0.2, -0.15) is 0 Å². The van der Waals surface area contributed by atoms with Crippen LogP contribution in [0.2, 0.25) is 0 Å². The maximum absolute atomic E-state index is 11.3. The Morgan fingerprint density at radius 3 is 2.80 bits per heavy atom. The molecule has 80 valence electrons. The van der Waals surface area contributed by atoms with Crippen molar-refractivity contribution in [2.24, 2.45) is 0 Å². The molecule has 1 atom stereocenters. The minimum atomic E-state index is -0.101. The van der Waals surface area contributed by atoms with E-state index in [0.29, 0.717) is 13.0 Å². The van der Waals surface area contributed by atoms with Crippen molar-refractivity contribution in [1.29, 1.82) is 0 Å². The first-order chi connectivity index (χ1) is 7.01. The highest BCUT2D eigenvalue weighted by atomic mass is 16.1. The smallest absolute Gasteiger partial charge is 0.220 e. The van der Waals surface area contributed by atoms with E-state index in [4.69, 9.17) is 5.73 Å². The molecule has 0 spiro atoms. The summed E-state index contributed by atoms with van der Waals surface area (Å²) in [6, 6.07) is 5.89. The van der Waals surface area contributed by atoms with E-state index in [2.05, 4.69) is 19.2 Å². The molecule has 1 heterocycles. The first kappa shape index (κ1) is 10.0. The van der Waals surface area contributed by atoms with Gasteiger partial charge in [0.1, 0.15) is 0 Å². The highest BCUT2D eigenvalue weighted by molar-refractivity contribution is 5.80. The fourth-order valence-corrected chi connectivity index (χ4v) is 2.25. The van der Waals surface area contributed by atoms with Gasteiger partial charge in [0.25, 0.3) is 0 Å². The number of rotatable bonds is 1. The van der Waals surface area contributed by atoms with Crippen molar-refractivity contribution in [1.82, 2.24) is 5.32 Å². The number of nitrogen functional groups attached to an aromatic ring is 1. The van der Waals surface area contributed by atoms with Crippen LogP contribution < -0.4 is 11.1 Å². The molecule has 3 heteroatoms. The zero-order valence-electron chi connectivity index (χ0n) is 9.13. The summed E-state index contributed by atoms with van der Waals surface area (Å²) in [4.78, 5) is 11.3. The van der Waals surface area contributed by atoms with Crippen LogP contribution in [-0.4, -0.2) is 12.5 Å². The van der Waals surface area contributed by atoms with Crippen molar-refractivity contribution >= 4 is 11.6 Å². The molecule has 1 aliphatic heterocycles. The summed E-state index contributed by atoms with van der Waals surface area (Å²) in [6.45, 7) is 4.87. The Kier molecular flexibility index (Phi) is 2.18. The number of nitrogens with one attached hydrogen (secondary N) is 1. The van der Waals surface area contributed by atoms with E-state index in [1.165, 1.54) is 11.1 Å². The lowest BCUT2D eigenvalue weighted by Gasteiger charge is -2.24. The van der Waals surface area contributed by atoms with Crippen molar-refractivity contribution in [3.8, 4) is 0 Å². The predicted octanol–water partition coefficient (Wildman–Crippen LogP) is 1.35. The van der Waals surface area contributed by atoms with Gasteiger partial charge < -0.3 is 11.1 Å². The minimum Gasteiger partial charge on any atom is -0.399 e. The van der Waals surface area contributed by atoms with E-state index in [1.54, 1.807) is 0 Å². The monoisotopic (exact) mass is 204 g/mol. The third kappa shape index (κ3) is 1.69. The minimum absolute atomic E-state index is 0.101. The van der Waals surface area contributed by atoms with Gasteiger partial charge >= 0.3 is 0 Å². The number of amides is 1. The van der Waals surface area contributed by atoms with E-state index >= 15 is 0 Å². The summed E-state index contributed by atoms with van der Waals surface area (Å²) < 4.78 is 0. The second kappa shape index (κ2) is 3.26. The molecular formula is C12H16N2O. The number of aryl methyl sites for hydroxylation is 1. The zero-order valence-corrected chi connectivity index (χ0v) is 9.13. The van der Waals surface area contributed by atoms with Gasteiger partial charge in [-0.05, 0) is 30.2 Å². The number of carbonyl (C=O) groups excluding carboxylic acids is 1. The molecule has 0 radical (unpaired) electrons. The molecule has 0 aliphatic carbocycles. The Balaban J connectivity index is 2.44. The third-order valence-corrected chi connectivity index (χ3v) is 3.14. The van der Waals surface area contributed by atoms with Crippen LogP contribution in [0.3, 0.4) is 0 Å². The maximum Gasteiger partial charge on any atom is 0.220 e. The van der Waals surface area contributed by atoms with Crippen LogP contribution in [0.4, 0.5) is 5.69 Å². The van der Waals surface area contributed by atoms with Crippen molar-refractivity contribution < 1.29 is 4.79 Å². The fraction of sp³-hybridized carbons (Fsp3) is 0.417. The molecule has 1 aromatic rings. The standard InChI is InChI=1S/C12H16N2O/c1-8-3-4-9(13)5-10(8)12(2)6-11(15)14-7-12/h3-5H,6-7,13H2,1-2H3,(H,14,15). The van der Waals surface area contributed by atoms with E-state index in [9.17, 15) is 4.79 Å². The molecule has 3 nitrogen and oxygen atoms in total. The van der Waals surface area contributed by atoms with Gasteiger partial charge in [-0.25, -0.2) is 0 Å². The summed E-state index contributed by atoms with van der Waals surface area (Å²) in [7, 11) is 0. The quantitative estimate of drug-likeness (QED) is 0.678. The molecule has 1 amide bonds. The predicted molar refractivity (Wildman–Crippen MR) is 60.6 cm³/mol. The Morgan fingerprint density at radius 1 is 1.47 bits per heavy atom. The van der Waals surface area contributed by atoms with Crippen LogP contribution in [0.25, 0.3) is 0 Å². The molecule has 1 fully saturated rings. The molecule has 2 rings (SSSR count). The Bertz CT molecular complexity index is 414. The Labute approximate surface area is 89.7 Å². The van der Waals surface area contributed by atoms with E-state index in [0.717, 1.165) is 5.69 Å². The molecule has 3 N–H and O–H groups in total. The first-order valence-corrected chi connectivity index (χ1v) is 5.15. The topological polar surface area (TPSA) is 55.1 Å². The number of benzene rings is 1. The number of anilines is 1. The lowest BCUT2D eigenvalue weighted by molar-refractivity contribution is -0.119. The lowest BCUT2D eigenvalue weighted by Crippen LogP contribution is -2.26. The highest BCUT2D eigenvalue weighted by Gasteiger charge is 2.36. The van der Waals surface area contributed by atoms with Crippen molar-refractivity contribution in [2.45, 2.75) is 25.7 Å². The number of nitrogens with two attached hydrogens (primary N) is 1. The van der Waals surface area contributed by atoms with Gasteiger partial charge in [-0.3, -0.25) is 4.79 Å². The lowest BCUT2D eigenvalue weighted by atomic mass is 9.79. The largest absolute Gasteiger partial charge is 0.399 e. The normalized spacial score (nSPS) is 25.3. The second-order valence-electron chi connectivity index (χ2n) is 4.59. The number of hydrogen-bond acceptors (Lipinski definition) is 2. The van der Waals surface area contributed by atoms with Crippen LogP contribution >= 0.6 is 0 Å². The molecule has 0 saturated carbocycles. The van der Waals surface area contributed by atoms with Crippen LogP contribution in [0.1, 0.15) is 24.5 Å². The van der Waals surface area contributed by atoms with Gasteiger partial charge in [0, 0.05) is 24.1 Å².